The molecule has 0 fully saturated rings. The predicted molar refractivity (Wildman–Crippen MR) is 65.5 cm³/mol. The van der Waals surface area contributed by atoms with Crippen molar-refractivity contribution in [2.45, 2.75) is 19.8 Å². The Morgan fingerprint density at radius 2 is 2.11 bits per heavy atom. The van der Waals surface area contributed by atoms with Gasteiger partial charge in [-0.05, 0) is 0 Å². The monoisotopic (exact) mass is 254 g/mol. The van der Waals surface area contributed by atoms with Crippen LogP contribution in [0.4, 0.5) is 0 Å². The Kier molecular flexibility index (Phi) is 3.13. The van der Waals surface area contributed by atoms with E-state index in [4.69, 9.17) is 10.5 Å². The number of rotatable bonds is 2. The highest BCUT2D eigenvalue weighted by atomic mass is 16.1. The molecule has 0 bridgehead atoms. The summed E-state index contributed by atoms with van der Waals surface area (Å²) in [6.07, 6.45) is 1.31. The molecule has 0 aliphatic heterocycles. The molecule has 2 aromatic rings. The molecule has 94 valence electrons. The van der Waals surface area contributed by atoms with Crippen molar-refractivity contribution in [1.29, 1.82) is 10.5 Å². The van der Waals surface area contributed by atoms with Gasteiger partial charge in [-0.25, -0.2) is 9.97 Å². The number of nitriles is 2. The van der Waals surface area contributed by atoms with Crippen LogP contribution in [0.3, 0.4) is 0 Å². The number of hydrogen-bond acceptors (Lipinski definition) is 5. The Balaban J connectivity index is 2.67. The van der Waals surface area contributed by atoms with Crippen molar-refractivity contribution in [3.8, 4) is 18.0 Å². The van der Waals surface area contributed by atoms with E-state index in [-0.39, 0.29) is 28.7 Å². The first-order valence-corrected chi connectivity index (χ1v) is 5.56. The summed E-state index contributed by atoms with van der Waals surface area (Å²) in [5.41, 5.74) is -0.240. The average Bonchev–Trinajstić information content (AvgIpc) is 2.80. The molecule has 2 rings (SSSR count). The fourth-order valence-corrected chi connectivity index (χ4v) is 1.57. The standard InChI is InChI=1S/C12H10N6O/c1-7(2)12-16-10(3-11(19)17-12)18-6-15-8(4-13)9(18)5-14/h3,6-7H,1-2H3,(H,16,17,19). The minimum atomic E-state index is -0.315. The fraction of sp³-hybridized carbons (Fsp3) is 0.250. The molecule has 0 amide bonds. The quantitative estimate of drug-likeness (QED) is 0.852. The van der Waals surface area contributed by atoms with Gasteiger partial charge in [-0.3, -0.25) is 9.36 Å². The zero-order valence-electron chi connectivity index (χ0n) is 10.4. The third-order valence-electron chi connectivity index (χ3n) is 2.52. The number of aromatic nitrogens is 4. The molecular formula is C12H10N6O. The molecule has 0 radical (unpaired) electrons. The van der Waals surface area contributed by atoms with Crippen LogP contribution in [0.2, 0.25) is 0 Å². The Morgan fingerprint density at radius 3 is 2.68 bits per heavy atom. The molecule has 0 unspecified atom stereocenters. The summed E-state index contributed by atoms with van der Waals surface area (Å²) >= 11 is 0. The highest BCUT2D eigenvalue weighted by molar-refractivity contribution is 5.41. The summed E-state index contributed by atoms with van der Waals surface area (Å²) in [7, 11) is 0. The number of imidazole rings is 1. The van der Waals surface area contributed by atoms with E-state index in [1.165, 1.54) is 17.0 Å². The predicted octanol–water partition coefficient (Wildman–Crippen LogP) is 0.822. The second-order valence-corrected chi connectivity index (χ2v) is 4.18. The zero-order chi connectivity index (χ0) is 14.0. The molecular weight excluding hydrogens is 244 g/mol. The first-order valence-electron chi connectivity index (χ1n) is 5.56. The summed E-state index contributed by atoms with van der Waals surface area (Å²) in [6.45, 7) is 3.78. The Morgan fingerprint density at radius 1 is 1.37 bits per heavy atom. The molecule has 7 nitrogen and oxygen atoms in total. The minimum Gasteiger partial charge on any atom is -0.310 e. The van der Waals surface area contributed by atoms with E-state index in [9.17, 15) is 4.79 Å². The van der Waals surface area contributed by atoms with E-state index in [1.54, 1.807) is 0 Å². The highest BCUT2D eigenvalue weighted by Gasteiger charge is 2.14. The van der Waals surface area contributed by atoms with E-state index in [0.717, 1.165) is 0 Å². The molecule has 7 heteroatoms. The van der Waals surface area contributed by atoms with E-state index >= 15 is 0 Å². The van der Waals surface area contributed by atoms with Gasteiger partial charge < -0.3 is 4.98 Å². The van der Waals surface area contributed by atoms with Gasteiger partial charge in [0.15, 0.2) is 11.4 Å². The number of nitrogens with zero attached hydrogens (tertiary/aromatic N) is 5. The van der Waals surface area contributed by atoms with Crippen LogP contribution >= 0.6 is 0 Å². The van der Waals surface area contributed by atoms with Gasteiger partial charge in [0.05, 0.1) is 0 Å². The van der Waals surface area contributed by atoms with Crippen LogP contribution in [0.25, 0.3) is 5.82 Å². The maximum absolute atomic E-state index is 11.6. The molecule has 0 saturated carbocycles. The topological polar surface area (TPSA) is 111 Å². The molecule has 2 heterocycles. The third-order valence-corrected chi connectivity index (χ3v) is 2.52. The molecule has 0 saturated heterocycles. The highest BCUT2D eigenvalue weighted by Crippen LogP contribution is 2.13. The van der Waals surface area contributed by atoms with E-state index in [0.29, 0.717) is 5.82 Å². The Hall–Kier alpha value is -2.93. The van der Waals surface area contributed by atoms with Crippen molar-refractivity contribution < 1.29 is 0 Å². The zero-order valence-corrected chi connectivity index (χ0v) is 10.4. The smallest absolute Gasteiger partial charge is 0.253 e. The van der Waals surface area contributed by atoms with Gasteiger partial charge in [-0.1, -0.05) is 13.8 Å². The SMILES string of the molecule is CC(C)c1nc(-n2cnc(C#N)c2C#N)cc(=O)[nH]1. The Labute approximate surface area is 108 Å². The molecule has 19 heavy (non-hydrogen) atoms. The van der Waals surface area contributed by atoms with Crippen molar-refractivity contribution in [3.63, 3.8) is 0 Å². The van der Waals surface area contributed by atoms with Crippen molar-refractivity contribution >= 4 is 0 Å². The molecule has 0 spiro atoms. The van der Waals surface area contributed by atoms with Crippen LogP contribution in [0.15, 0.2) is 17.2 Å². The largest absolute Gasteiger partial charge is 0.310 e. The summed E-state index contributed by atoms with van der Waals surface area (Å²) < 4.78 is 1.33. The van der Waals surface area contributed by atoms with Gasteiger partial charge in [-0.2, -0.15) is 10.5 Å². The number of nitrogens with one attached hydrogen (secondary N) is 1. The van der Waals surface area contributed by atoms with Gasteiger partial charge in [0, 0.05) is 12.0 Å². The Bertz CT molecular complexity index is 756. The maximum atomic E-state index is 11.6. The van der Waals surface area contributed by atoms with E-state index < -0.39 is 0 Å². The lowest BCUT2D eigenvalue weighted by Crippen LogP contribution is -2.15. The van der Waals surface area contributed by atoms with Crippen LogP contribution in [-0.2, 0) is 0 Å². The lowest BCUT2D eigenvalue weighted by Gasteiger charge is -2.07. The van der Waals surface area contributed by atoms with Crippen LogP contribution in [0, 0.1) is 22.7 Å². The maximum Gasteiger partial charge on any atom is 0.253 e. The molecule has 0 aromatic carbocycles. The average molecular weight is 254 g/mol. The normalized spacial score (nSPS) is 10.2. The summed E-state index contributed by atoms with van der Waals surface area (Å²) in [6, 6.07) is 4.97. The van der Waals surface area contributed by atoms with Crippen LogP contribution < -0.4 is 5.56 Å². The van der Waals surface area contributed by atoms with Gasteiger partial charge in [0.1, 0.15) is 30.1 Å². The molecule has 0 atom stereocenters. The second-order valence-electron chi connectivity index (χ2n) is 4.18. The van der Waals surface area contributed by atoms with E-state index in [2.05, 4.69) is 15.0 Å². The second kappa shape index (κ2) is 4.75. The number of H-pyrrole nitrogens is 1. The molecule has 0 aliphatic rings. The first kappa shape index (κ1) is 12.5. The van der Waals surface area contributed by atoms with Gasteiger partial charge in [0.25, 0.3) is 5.56 Å². The van der Waals surface area contributed by atoms with Crippen LogP contribution in [0.5, 0.6) is 0 Å². The van der Waals surface area contributed by atoms with Crippen LogP contribution in [0.1, 0.15) is 37.0 Å². The van der Waals surface area contributed by atoms with Crippen LogP contribution in [-0.4, -0.2) is 19.5 Å². The summed E-state index contributed by atoms with van der Waals surface area (Å²) in [4.78, 5) is 22.3. The van der Waals surface area contributed by atoms with Crippen molar-refractivity contribution in [1.82, 2.24) is 19.5 Å². The summed E-state index contributed by atoms with van der Waals surface area (Å²) in [5, 5.41) is 17.9. The van der Waals surface area contributed by atoms with Crippen molar-refractivity contribution in [2.75, 3.05) is 0 Å². The number of hydrogen-bond donors (Lipinski definition) is 1. The molecule has 2 aromatic heterocycles. The van der Waals surface area contributed by atoms with Gasteiger partial charge >= 0.3 is 0 Å². The summed E-state index contributed by atoms with van der Waals surface area (Å²) in [5.74, 6) is 0.828. The minimum absolute atomic E-state index is 0.00989. The van der Waals surface area contributed by atoms with Crippen molar-refractivity contribution in [3.05, 3.63) is 40.0 Å². The third kappa shape index (κ3) is 2.22. The molecule has 1 N–H and O–H groups in total. The lowest BCUT2D eigenvalue weighted by atomic mass is 10.2. The molecule has 0 aliphatic carbocycles. The van der Waals surface area contributed by atoms with Crippen molar-refractivity contribution in [2.24, 2.45) is 0 Å². The van der Waals surface area contributed by atoms with Gasteiger partial charge in [-0.15, -0.1) is 0 Å². The lowest BCUT2D eigenvalue weighted by molar-refractivity contribution is 0.753. The first-order chi connectivity index (χ1) is 9.06. The fourth-order valence-electron chi connectivity index (χ4n) is 1.57. The van der Waals surface area contributed by atoms with E-state index in [1.807, 2.05) is 26.0 Å². The van der Waals surface area contributed by atoms with Gasteiger partial charge in [0.2, 0.25) is 0 Å². The number of aromatic amines is 1.